The molecule has 3 aromatic carbocycles. The maximum atomic E-state index is 15.5. The van der Waals surface area contributed by atoms with Crippen molar-refractivity contribution in [2.45, 2.75) is 133 Å². The van der Waals surface area contributed by atoms with Crippen molar-refractivity contribution in [2.75, 3.05) is 19.8 Å². The quantitative estimate of drug-likeness (QED) is 0.0781. The molecule has 0 bridgehead atoms. The second-order valence-corrected chi connectivity index (χ2v) is 14.5. The van der Waals surface area contributed by atoms with Crippen LogP contribution in [0.15, 0.2) is 91.0 Å². The van der Waals surface area contributed by atoms with E-state index in [2.05, 4.69) is 6.92 Å². The molecule has 5 rings (SSSR count). The Kier molecular flexibility index (Phi) is 18.3. The number of hydrogen-bond acceptors (Lipinski definition) is 10. The van der Waals surface area contributed by atoms with Crippen molar-refractivity contribution in [1.82, 2.24) is 5.32 Å². The Balaban J connectivity index is 1.41. The maximum absolute atomic E-state index is 15.5. The van der Waals surface area contributed by atoms with Crippen LogP contribution in [0.1, 0.15) is 62.1 Å². The lowest BCUT2D eigenvalue weighted by Gasteiger charge is -2.46. The zero-order chi connectivity index (χ0) is 41.3. The van der Waals surface area contributed by atoms with Crippen LogP contribution in [0.5, 0.6) is 0 Å². The van der Waals surface area contributed by atoms with Gasteiger partial charge in [0.25, 0.3) is 0 Å². The van der Waals surface area contributed by atoms with Gasteiger partial charge in [-0.05, 0) is 23.1 Å². The van der Waals surface area contributed by atoms with Crippen LogP contribution in [-0.4, -0.2) is 104 Å². The molecule has 2 saturated heterocycles. The first kappa shape index (κ1) is 45.6. The van der Waals surface area contributed by atoms with E-state index in [1.807, 2.05) is 91.0 Å². The Morgan fingerprint density at radius 1 is 0.638 bits per heavy atom. The molecule has 15 heteroatoms. The van der Waals surface area contributed by atoms with E-state index in [1.54, 1.807) is 5.32 Å². The van der Waals surface area contributed by atoms with Crippen LogP contribution in [0.4, 0.5) is 17.6 Å². The smallest absolute Gasteiger partial charge is 0.388 e. The Morgan fingerprint density at radius 3 is 1.69 bits per heavy atom. The molecule has 1 amide bonds. The van der Waals surface area contributed by atoms with Crippen molar-refractivity contribution in [1.29, 1.82) is 0 Å². The molecule has 0 aliphatic carbocycles. The number of alkyl halides is 4. The molecule has 3 aromatic rings. The fourth-order valence-corrected chi connectivity index (χ4v) is 6.78. The van der Waals surface area contributed by atoms with E-state index in [0.717, 1.165) is 55.2 Å². The van der Waals surface area contributed by atoms with Crippen molar-refractivity contribution in [3.05, 3.63) is 108 Å². The largest absolute Gasteiger partial charge is 0.471 e. The van der Waals surface area contributed by atoms with Gasteiger partial charge >= 0.3 is 12.1 Å². The topological polar surface area (TPSA) is 134 Å². The lowest BCUT2D eigenvalue weighted by Crippen LogP contribution is -2.63. The van der Waals surface area contributed by atoms with Gasteiger partial charge in [-0.3, -0.25) is 4.79 Å². The third kappa shape index (κ3) is 13.8. The lowest BCUT2D eigenvalue weighted by atomic mass is 9.97. The molecule has 3 N–H and O–H groups in total. The number of carbonyl (C=O) groups is 1. The number of amides is 1. The molecule has 320 valence electrons. The highest BCUT2D eigenvalue weighted by molar-refractivity contribution is 5.81. The summed E-state index contributed by atoms with van der Waals surface area (Å²) in [6.07, 6.45) is -13.6. The van der Waals surface area contributed by atoms with E-state index >= 15 is 4.39 Å². The molecule has 58 heavy (non-hydrogen) atoms. The van der Waals surface area contributed by atoms with Gasteiger partial charge in [0, 0.05) is 13.2 Å². The summed E-state index contributed by atoms with van der Waals surface area (Å²) in [5.74, 6) is -2.29. The van der Waals surface area contributed by atoms with Crippen molar-refractivity contribution in [2.24, 2.45) is 0 Å². The number of rotatable bonds is 22. The number of aliphatic hydroxyl groups excluding tert-OH is 2. The number of unbranched alkanes of at least 4 members (excludes halogenated alkanes) is 5. The average Bonchev–Trinajstić information content (AvgIpc) is 3.23. The first-order valence-corrected chi connectivity index (χ1v) is 19.9. The second kappa shape index (κ2) is 23.3. The van der Waals surface area contributed by atoms with Crippen LogP contribution < -0.4 is 5.32 Å². The highest BCUT2D eigenvalue weighted by Crippen LogP contribution is 2.33. The first-order chi connectivity index (χ1) is 28.0. The van der Waals surface area contributed by atoms with E-state index in [4.69, 9.17) is 33.2 Å². The summed E-state index contributed by atoms with van der Waals surface area (Å²) in [6.45, 7) is 1.65. The third-order valence-corrected chi connectivity index (χ3v) is 10.00. The van der Waals surface area contributed by atoms with E-state index < -0.39 is 86.7 Å². The summed E-state index contributed by atoms with van der Waals surface area (Å²) in [5, 5.41) is 22.5. The standard InChI is InChI=1S/C43H55F4NO10/c1-2-3-4-5-6-16-23-52-41-39(55-27-31-21-14-9-15-22-31)38(54-26-30-19-12-8-13-20-30)37(53-25-29-17-10-7-11-18-29)33(58-41)28-56-40-34(44)36(50)35(49)32(57-40)24-48-42(51)43(45,46)47/h7-15,17-22,32-41,49-50H,2-6,16,23-28H2,1H3,(H,48,51)/t32-,33-,34+,35-,36-,37-,38+,39+,40+,41+/m1/s1. The van der Waals surface area contributed by atoms with Crippen LogP contribution in [-0.2, 0) is 57.8 Å². The Bertz CT molecular complexity index is 1590. The summed E-state index contributed by atoms with van der Waals surface area (Å²) in [6, 6.07) is 28.5. The van der Waals surface area contributed by atoms with E-state index in [0.29, 0.717) is 6.61 Å². The molecule has 2 fully saturated rings. The van der Waals surface area contributed by atoms with Gasteiger partial charge in [-0.15, -0.1) is 0 Å². The summed E-state index contributed by atoms with van der Waals surface area (Å²) in [7, 11) is 0. The van der Waals surface area contributed by atoms with E-state index in [9.17, 15) is 28.2 Å². The molecule has 0 spiro atoms. The SMILES string of the molecule is CCCCCCCCO[C@H]1O[C@H](CO[C@H]2O[C@H](CNC(=O)C(F)(F)F)[C@@H](O)[C@H](O)[C@@H]2F)[C@@H](OCc2ccccc2)[C@H](OCc2ccccc2)[C@@H]1OCc1ccccc1. The number of ether oxygens (including phenoxy) is 7. The number of carbonyl (C=O) groups excluding carboxylic acids is 1. The molecular weight excluding hydrogens is 766 g/mol. The van der Waals surface area contributed by atoms with Gasteiger partial charge in [0.05, 0.1) is 26.4 Å². The number of aliphatic hydroxyl groups is 2. The number of halogens is 4. The lowest BCUT2D eigenvalue weighted by molar-refractivity contribution is -0.340. The zero-order valence-electron chi connectivity index (χ0n) is 32.6. The van der Waals surface area contributed by atoms with Crippen LogP contribution in [0, 0.1) is 0 Å². The highest BCUT2D eigenvalue weighted by Gasteiger charge is 2.51. The van der Waals surface area contributed by atoms with Gasteiger partial charge in [-0.1, -0.05) is 130 Å². The van der Waals surface area contributed by atoms with E-state index in [1.165, 1.54) is 0 Å². The molecule has 0 radical (unpaired) electrons. The molecule has 0 unspecified atom stereocenters. The molecule has 0 aromatic heterocycles. The first-order valence-electron chi connectivity index (χ1n) is 19.9. The minimum atomic E-state index is -5.21. The summed E-state index contributed by atoms with van der Waals surface area (Å²) in [5.41, 5.74) is 2.62. The summed E-state index contributed by atoms with van der Waals surface area (Å²) in [4.78, 5) is 11.5. The molecular formula is C43H55F4NO10. The minimum Gasteiger partial charge on any atom is -0.388 e. The maximum Gasteiger partial charge on any atom is 0.471 e. The van der Waals surface area contributed by atoms with Crippen LogP contribution in [0.2, 0.25) is 0 Å². The van der Waals surface area contributed by atoms with Gasteiger partial charge in [0.2, 0.25) is 0 Å². The predicted octanol–water partition coefficient (Wildman–Crippen LogP) is 6.32. The summed E-state index contributed by atoms with van der Waals surface area (Å²) < 4.78 is 98.4. The average molecular weight is 822 g/mol. The van der Waals surface area contributed by atoms with Crippen LogP contribution >= 0.6 is 0 Å². The fraction of sp³-hybridized carbons (Fsp3) is 0.558. The van der Waals surface area contributed by atoms with Gasteiger partial charge in [0.1, 0.15) is 42.7 Å². The van der Waals surface area contributed by atoms with Crippen molar-refractivity contribution >= 4 is 5.91 Å². The molecule has 11 nitrogen and oxygen atoms in total. The molecule has 10 atom stereocenters. The Hall–Kier alpha value is -3.51. The van der Waals surface area contributed by atoms with Crippen molar-refractivity contribution in [3.63, 3.8) is 0 Å². The fourth-order valence-electron chi connectivity index (χ4n) is 6.78. The van der Waals surface area contributed by atoms with E-state index in [-0.39, 0.29) is 19.8 Å². The normalized spacial score (nSPS) is 27.6. The van der Waals surface area contributed by atoms with Gasteiger partial charge in [0.15, 0.2) is 18.8 Å². The van der Waals surface area contributed by atoms with Crippen LogP contribution in [0.3, 0.4) is 0 Å². The highest BCUT2D eigenvalue weighted by atomic mass is 19.4. The zero-order valence-corrected chi connectivity index (χ0v) is 32.6. The van der Waals surface area contributed by atoms with Gasteiger partial charge < -0.3 is 48.7 Å². The third-order valence-electron chi connectivity index (χ3n) is 10.00. The predicted molar refractivity (Wildman–Crippen MR) is 204 cm³/mol. The molecule has 0 saturated carbocycles. The van der Waals surface area contributed by atoms with Crippen LogP contribution in [0.25, 0.3) is 0 Å². The van der Waals surface area contributed by atoms with Crippen molar-refractivity contribution < 1.29 is 65.7 Å². The number of nitrogens with one attached hydrogen (secondary N) is 1. The molecule has 2 aliphatic heterocycles. The molecule has 2 aliphatic rings. The van der Waals surface area contributed by atoms with Crippen molar-refractivity contribution in [3.8, 4) is 0 Å². The van der Waals surface area contributed by atoms with Gasteiger partial charge in [-0.25, -0.2) is 4.39 Å². The Labute approximate surface area is 336 Å². The molecule has 2 heterocycles. The van der Waals surface area contributed by atoms with Gasteiger partial charge in [-0.2, -0.15) is 13.2 Å². The Morgan fingerprint density at radius 2 is 1.14 bits per heavy atom. The number of benzene rings is 3. The monoisotopic (exact) mass is 821 g/mol. The summed E-state index contributed by atoms with van der Waals surface area (Å²) >= 11 is 0. The second-order valence-electron chi connectivity index (χ2n) is 14.5. The number of hydrogen-bond donors (Lipinski definition) is 3. The minimum absolute atomic E-state index is 0.114.